The molecule has 0 aromatic rings. The van der Waals surface area contributed by atoms with Crippen molar-refractivity contribution < 1.29 is 14.5 Å². The Morgan fingerprint density at radius 2 is 2.38 bits per heavy atom. The van der Waals surface area contributed by atoms with Gasteiger partial charge in [-0.3, -0.25) is 14.9 Å². The van der Waals surface area contributed by atoms with Gasteiger partial charge in [0.25, 0.3) is 0 Å². The van der Waals surface area contributed by atoms with Crippen molar-refractivity contribution in [3.05, 3.63) is 22.4 Å². The first kappa shape index (κ1) is 9.70. The van der Waals surface area contributed by atoms with Crippen LogP contribution in [0.1, 0.15) is 19.8 Å². The van der Waals surface area contributed by atoms with Gasteiger partial charge in [-0.15, -0.1) is 0 Å². The average molecular weight is 185 g/mol. The Kier molecular flexibility index (Phi) is 2.65. The lowest BCUT2D eigenvalue weighted by atomic mass is 9.84. The lowest BCUT2D eigenvalue weighted by Gasteiger charge is -2.27. The van der Waals surface area contributed by atoms with E-state index in [0.717, 1.165) is 12.6 Å². The van der Waals surface area contributed by atoms with Gasteiger partial charge in [-0.05, 0) is 19.8 Å². The molecule has 0 aromatic carbocycles. The summed E-state index contributed by atoms with van der Waals surface area (Å²) >= 11 is 0. The van der Waals surface area contributed by atoms with Gasteiger partial charge in [0.15, 0.2) is 0 Å². The van der Waals surface area contributed by atoms with Crippen LogP contribution in [-0.4, -0.2) is 17.5 Å². The minimum absolute atomic E-state index is 0.378. The zero-order chi connectivity index (χ0) is 9.90. The second-order valence-corrected chi connectivity index (χ2v) is 3.26. The van der Waals surface area contributed by atoms with Crippen molar-refractivity contribution >= 4 is 5.97 Å². The molecule has 1 unspecified atom stereocenters. The van der Waals surface area contributed by atoms with E-state index in [4.69, 9.17) is 4.74 Å². The van der Waals surface area contributed by atoms with Crippen LogP contribution in [0, 0.1) is 15.5 Å². The highest BCUT2D eigenvalue weighted by molar-refractivity contribution is 5.79. The average Bonchev–Trinajstić information content (AvgIpc) is 2.07. The molecule has 0 N–H and O–H groups in total. The van der Waals surface area contributed by atoms with E-state index in [9.17, 15) is 14.9 Å². The smallest absolute Gasteiger partial charge is 0.315 e. The van der Waals surface area contributed by atoms with Crippen molar-refractivity contribution in [1.82, 2.24) is 0 Å². The molecule has 1 rings (SSSR count). The third-order valence-corrected chi connectivity index (χ3v) is 2.10. The summed E-state index contributed by atoms with van der Waals surface area (Å²) < 4.78 is 4.81. The van der Waals surface area contributed by atoms with E-state index in [1.54, 1.807) is 6.92 Å². The van der Waals surface area contributed by atoms with E-state index in [-0.39, 0.29) is 5.97 Å². The number of ether oxygens (including phenoxy) is 1. The molecule has 0 radical (unpaired) electrons. The van der Waals surface area contributed by atoms with Gasteiger partial charge in [0.05, 0.1) is 16.9 Å². The van der Waals surface area contributed by atoms with Crippen LogP contribution in [0.3, 0.4) is 0 Å². The molecule has 72 valence electrons. The molecular weight excluding hydrogens is 174 g/mol. The van der Waals surface area contributed by atoms with Crippen molar-refractivity contribution in [2.24, 2.45) is 5.41 Å². The molecule has 1 aliphatic rings. The summed E-state index contributed by atoms with van der Waals surface area (Å²) in [4.78, 5) is 20.7. The number of hydrogen-bond donors (Lipinski definition) is 0. The summed E-state index contributed by atoms with van der Waals surface area (Å²) in [5.74, 6) is -0.378. The molecule has 5 nitrogen and oxygen atoms in total. The van der Waals surface area contributed by atoms with E-state index in [1.165, 1.54) is 6.08 Å². The van der Waals surface area contributed by atoms with Crippen LogP contribution in [0.15, 0.2) is 12.3 Å². The number of rotatable bonds is 2. The van der Waals surface area contributed by atoms with Gasteiger partial charge in [-0.2, -0.15) is 0 Å². The Balaban J connectivity index is 2.72. The topological polar surface area (TPSA) is 69.4 Å². The first-order valence-corrected chi connectivity index (χ1v) is 4.05. The molecule has 0 spiro atoms. The molecule has 1 aliphatic heterocycles. The predicted molar refractivity (Wildman–Crippen MR) is 44.4 cm³/mol. The second kappa shape index (κ2) is 3.55. The highest BCUT2D eigenvalue weighted by Crippen LogP contribution is 2.30. The van der Waals surface area contributed by atoms with Crippen LogP contribution in [0.4, 0.5) is 0 Å². The fourth-order valence-corrected chi connectivity index (χ4v) is 1.25. The van der Waals surface area contributed by atoms with Crippen molar-refractivity contribution in [2.75, 3.05) is 6.61 Å². The van der Waals surface area contributed by atoms with Crippen molar-refractivity contribution in [3.8, 4) is 0 Å². The van der Waals surface area contributed by atoms with E-state index in [2.05, 4.69) is 0 Å². The van der Waals surface area contributed by atoms with Crippen molar-refractivity contribution in [2.45, 2.75) is 19.8 Å². The molecule has 0 saturated carbocycles. The van der Waals surface area contributed by atoms with Gasteiger partial charge in [0.2, 0.25) is 6.20 Å². The maximum Gasteiger partial charge on any atom is 0.315 e. The van der Waals surface area contributed by atoms with Gasteiger partial charge < -0.3 is 4.74 Å². The lowest BCUT2D eigenvalue weighted by molar-refractivity contribution is -0.403. The summed E-state index contributed by atoms with van der Waals surface area (Å²) in [5.41, 5.74) is -0.814. The Morgan fingerprint density at radius 3 is 2.92 bits per heavy atom. The van der Waals surface area contributed by atoms with E-state index in [1.807, 2.05) is 0 Å². The quantitative estimate of drug-likeness (QED) is 0.367. The number of nitro groups is 1. The molecule has 13 heavy (non-hydrogen) atoms. The number of nitrogens with zero attached hydrogens (tertiary/aromatic N) is 1. The summed E-state index contributed by atoms with van der Waals surface area (Å²) in [6.45, 7) is 2.06. The van der Waals surface area contributed by atoms with E-state index >= 15 is 0 Å². The predicted octanol–water partition coefficient (Wildman–Crippen LogP) is 1.12. The largest absolute Gasteiger partial charge is 0.465 e. The third kappa shape index (κ3) is 2.27. The number of esters is 1. The zero-order valence-corrected chi connectivity index (χ0v) is 7.36. The van der Waals surface area contributed by atoms with Gasteiger partial charge in [-0.25, -0.2) is 0 Å². The Morgan fingerprint density at radius 1 is 1.69 bits per heavy atom. The molecule has 1 atom stereocenters. The minimum atomic E-state index is -0.814. The Hall–Kier alpha value is -1.39. The molecule has 1 heterocycles. The zero-order valence-electron chi connectivity index (χ0n) is 7.36. The summed E-state index contributed by atoms with van der Waals surface area (Å²) in [6, 6.07) is 0. The van der Waals surface area contributed by atoms with Gasteiger partial charge in [-0.1, -0.05) is 0 Å². The standard InChI is InChI=1S/C8H11NO4/c1-8(4-5-9(11)12)3-2-6-13-7(8)10/h4-5H,2-3,6H2,1H3/b5-4+. The Bertz CT molecular complexity index is 261. The van der Waals surface area contributed by atoms with Gasteiger partial charge in [0, 0.05) is 6.08 Å². The summed E-state index contributed by atoms with van der Waals surface area (Å²) in [6.07, 6.45) is 3.46. The molecule has 5 heteroatoms. The fourth-order valence-electron chi connectivity index (χ4n) is 1.25. The monoisotopic (exact) mass is 185 g/mol. The normalized spacial score (nSPS) is 28.8. The molecule has 0 aromatic heterocycles. The molecule has 1 fully saturated rings. The van der Waals surface area contributed by atoms with Crippen LogP contribution in [0.2, 0.25) is 0 Å². The first-order valence-electron chi connectivity index (χ1n) is 4.05. The summed E-state index contributed by atoms with van der Waals surface area (Å²) in [5, 5.41) is 10.1. The number of hydrogen-bond acceptors (Lipinski definition) is 4. The highest BCUT2D eigenvalue weighted by atomic mass is 16.6. The number of carbonyl (C=O) groups excluding carboxylic acids is 1. The van der Waals surface area contributed by atoms with Gasteiger partial charge in [0.1, 0.15) is 0 Å². The minimum Gasteiger partial charge on any atom is -0.465 e. The first-order chi connectivity index (χ1) is 6.04. The molecule has 0 bridgehead atoms. The van der Waals surface area contributed by atoms with Crippen LogP contribution in [-0.2, 0) is 9.53 Å². The molecule has 0 aliphatic carbocycles. The maximum atomic E-state index is 11.2. The van der Waals surface area contributed by atoms with Crippen LogP contribution < -0.4 is 0 Å². The van der Waals surface area contributed by atoms with Crippen molar-refractivity contribution in [3.63, 3.8) is 0 Å². The number of cyclic esters (lactones) is 1. The lowest BCUT2D eigenvalue weighted by Crippen LogP contribution is -2.33. The molecule has 0 amide bonds. The summed E-state index contributed by atoms with van der Waals surface area (Å²) in [7, 11) is 0. The fraction of sp³-hybridized carbons (Fsp3) is 0.625. The third-order valence-electron chi connectivity index (χ3n) is 2.10. The Labute approximate surface area is 75.5 Å². The van der Waals surface area contributed by atoms with Crippen LogP contribution >= 0.6 is 0 Å². The molecule has 1 saturated heterocycles. The van der Waals surface area contributed by atoms with Crippen LogP contribution in [0.5, 0.6) is 0 Å². The SMILES string of the molecule is CC1(/C=C/[N+](=O)[O-])CCCOC1=O. The van der Waals surface area contributed by atoms with E-state index in [0.29, 0.717) is 13.0 Å². The van der Waals surface area contributed by atoms with Gasteiger partial charge >= 0.3 is 5.97 Å². The number of carbonyl (C=O) groups is 1. The molecular formula is C8H11NO4. The maximum absolute atomic E-state index is 11.2. The highest BCUT2D eigenvalue weighted by Gasteiger charge is 2.35. The second-order valence-electron chi connectivity index (χ2n) is 3.26. The van der Waals surface area contributed by atoms with E-state index < -0.39 is 10.3 Å². The van der Waals surface area contributed by atoms with Crippen LogP contribution in [0.25, 0.3) is 0 Å². The van der Waals surface area contributed by atoms with Crippen molar-refractivity contribution in [1.29, 1.82) is 0 Å².